The fourth-order valence-electron chi connectivity index (χ4n) is 7.63. The molecule has 0 saturated carbocycles. The van der Waals surface area contributed by atoms with Gasteiger partial charge in [0.1, 0.15) is 28.0 Å². The molecule has 270 valence electrons. The Morgan fingerprint density at radius 3 is 2.02 bits per heavy atom. The molecule has 7 nitrogen and oxygen atoms in total. The maximum atomic E-state index is 6.42. The zero-order valence-electron chi connectivity index (χ0n) is 30.5. The van der Waals surface area contributed by atoms with Crippen LogP contribution >= 0.6 is 11.3 Å². The molecule has 11 rings (SSSR count). The van der Waals surface area contributed by atoms with Crippen molar-refractivity contribution in [2.45, 2.75) is 12.8 Å². The predicted octanol–water partition coefficient (Wildman–Crippen LogP) is 13.5. The number of fused-ring (bicyclic) bond motifs is 9. The van der Waals surface area contributed by atoms with Gasteiger partial charge in [-0.15, -0.1) is 17.9 Å². The third kappa shape index (κ3) is 5.60. The molecule has 5 heterocycles. The molecule has 0 bridgehead atoms. The molecule has 0 aliphatic carbocycles. The lowest BCUT2D eigenvalue weighted by atomic mass is 10.1. The maximum Gasteiger partial charge on any atom is 0.179 e. The van der Waals surface area contributed by atoms with Crippen LogP contribution in [0.15, 0.2) is 161 Å². The fraction of sp³-hybridized carbons (Fsp3) is 0.0408. The number of rotatable bonds is 8. The van der Waals surface area contributed by atoms with E-state index in [4.69, 9.17) is 33.8 Å². The zero-order chi connectivity index (χ0) is 37.9. The Bertz CT molecular complexity index is 3400. The molecule has 0 unspecified atom stereocenters. The van der Waals surface area contributed by atoms with Gasteiger partial charge in [-0.25, -0.2) is 24.9 Å². The van der Waals surface area contributed by atoms with Gasteiger partial charge in [0, 0.05) is 53.0 Å². The van der Waals surface area contributed by atoms with E-state index in [1.807, 2.05) is 91.0 Å². The number of hydrogen-bond acceptors (Lipinski definition) is 8. The van der Waals surface area contributed by atoms with E-state index in [0.717, 1.165) is 99.4 Å². The van der Waals surface area contributed by atoms with Gasteiger partial charge in [0.05, 0.1) is 5.56 Å². The van der Waals surface area contributed by atoms with Gasteiger partial charge in [-0.2, -0.15) is 0 Å². The van der Waals surface area contributed by atoms with Crippen molar-refractivity contribution in [3.63, 3.8) is 0 Å². The molecule has 0 N–H and O–H groups in total. The summed E-state index contributed by atoms with van der Waals surface area (Å²) in [6, 6.07) is 45.1. The van der Waals surface area contributed by atoms with Crippen LogP contribution in [-0.2, 0) is 0 Å². The van der Waals surface area contributed by atoms with Crippen molar-refractivity contribution in [3.8, 4) is 45.6 Å². The highest BCUT2D eigenvalue weighted by atomic mass is 32.1. The molecular formula is C49H31N5O2S. The standard InChI is InChI=1S/C49H31N5O2S/c1-2-3-4-8-23-38-44-42(35-18-10-12-25-40(35)56-44)51-49(50-38)37-22-14-20-34-32-27-26-30(28-41(32)57-45(34)37)47-52-46(29-15-6-5-7-16-29)53-48(54-47)36-21-13-19-33-31-17-9-11-24-39(31)55-43(33)36/h2,5-28H,1,3-4H2/b23-8+. The molecule has 0 atom stereocenters. The van der Waals surface area contributed by atoms with Crippen molar-refractivity contribution < 1.29 is 8.83 Å². The Morgan fingerprint density at radius 1 is 0.509 bits per heavy atom. The smallest absolute Gasteiger partial charge is 0.179 e. The van der Waals surface area contributed by atoms with Gasteiger partial charge < -0.3 is 8.83 Å². The molecule has 57 heavy (non-hydrogen) atoms. The lowest BCUT2D eigenvalue weighted by Gasteiger charge is -2.09. The molecule has 11 aromatic rings. The predicted molar refractivity (Wildman–Crippen MR) is 233 cm³/mol. The van der Waals surface area contributed by atoms with Crippen molar-refractivity contribution in [3.05, 3.63) is 158 Å². The lowest BCUT2D eigenvalue weighted by molar-refractivity contribution is 0.664. The minimum absolute atomic E-state index is 0.552. The van der Waals surface area contributed by atoms with Crippen molar-refractivity contribution in [1.29, 1.82) is 0 Å². The molecule has 0 radical (unpaired) electrons. The third-order valence-electron chi connectivity index (χ3n) is 10.4. The molecule has 0 spiro atoms. The summed E-state index contributed by atoms with van der Waals surface area (Å²) in [5, 5.41) is 5.33. The lowest BCUT2D eigenvalue weighted by Crippen LogP contribution is -2.00. The summed E-state index contributed by atoms with van der Waals surface area (Å²) in [6.07, 6.45) is 7.83. The van der Waals surface area contributed by atoms with Gasteiger partial charge in [0.2, 0.25) is 0 Å². The number of benzene rings is 6. The minimum Gasteiger partial charge on any atom is -0.455 e. The Hall–Kier alpha value is -7.29. The van der Waals surface area contributed by atoms with Gasteiger partial charge in [-0.1, -0.05) is 109 Å². The molecule has 5 aromatic heterocycles. The van der Waals surface area contributed by atoms with E-state index in [1.54, 1.807) is 11.3 Å². The summed E-state index contributed by atoms with van der Waals surface area (Å²) >= 11 is 1.72. The second-order valence-corrected chi connectivity index (χ2v) is 15.0. The first-order valence-corrected chi connectivity index (χ1v) is 19.7. The number of nitrogens with zero attached hydrogens (tertiary/aromatic N) is 5. The van der Waals surface area contributed by atoms with Crippen molar-refractivity contribution in [2.24, 2.45) is 0 Å². The summed E-state index contributed by atoms with van der Waals surface area (Å²) in [5.41, 5.74) is 8.20. The van der Waals surface area contributed by atoms with Crippen LogP contribution in [0.3, 0.4) is 0 Å². The number of allylic oxidation sites excluding steroid dienone is 2. The summed E-state index contributed by atoms with van der Waals surface area (Å²) in [4.78, 5) is 25.5. The molecule has 8 heteroatoms. The van der Waals surface area contributed by atoms with E-state index in [9.17, 15) is 0 Å². The largest absolute Gasteiger partial charge is 0.455 e. The van der Waals surface area contributed by atoms with E-state index < -0.39 is 0 Å². The van der Waals surface area contributed by atoms with Crippen LogP contribution in [0, 0.1) is 0 Å². The maximum absolute atomic E-state index is 6.42. The fourth-order valence-corrected chi connectivity index (χ4v) is 8.88. The Balaban J connectivity index is 1.07. The average Bonchev–Trinajstić information content (AvgIpc) is 3.96. The SMILES string of the molecule is C=CCC/C=C/c1nc(-c2cccc3c2sc2cc(-c4nc(-c5ccccc5)nc(-c5cccc6c5oc5ccccc56)n4)ccc23)nc2c1oc1ccccc12. The van der Waals surface area contributed by atoms with Gasteiger partial charge in [-0.3, -0.25) is 0 Å². The van der Waals surface area contributed by atoms with Gasteiger partial charge in [0.25, 0.3) is 0 Å². The van der Waals surface area contributed by atoms with Crippen LogP contribution < -0.4 is 0 Å². The first-order chi connectivity index (χ1) is 28.2. The Morgan fingerprint density at radius 2 is 1.18 bits per heavy atom. The Labute approximate surface area is 330 Å². The monoisotopic (exact) mass is 753 g/mol. The zero-order valence-corrected chi connectivity index (χ0v) is 31.3. The average molecular weight is 754 g/mol. The van der Waals surface area contributed by atoms with E-state index in [2.05, 4.69) is 67.3 Å². The second-order valence-electron chi connectivity index (χ2n) is 13.9. The summed E-state index contributed by atoms with van der Waals surface area (Å²) in [5.74, 6) is 2.39. The number of thiophene rings is 1. The third-order valence-corrected chi connectivity index (χ3v) is 11.6. The highest BCUT2D eigenvalue weighted by molar-refractivity contribution is 7.26. The van der Waals surface area contributed by atoms with Crippen LogP contribution in [0.4, 0.5) is 0 Å². The summed E-state index contributed by atoms with van der Waals surface area (Å²) < 4.78 is 15.0. The minimum atomic E-state index is 0.552. The molecule has 6 aromatic carbocycles. The van der Waals surface area contributed by atoms with E-state index in [0.29, 0.717) is 28.9 Å². The highest BCUT2D eigenvalue weighted by Crippen LogP contribution is 2.42. The first-order valence-electron chi connectivity index (χ1n) is 18.8. The van der Waals surface area contributed by atoms with Gasteiger partial charge >= 0.3 is 0 Å². The molecule has 0 aliphatic heterocycles. The quantitative estimate of drug-likeness (QED) is 0.113. The number of unbranched alkanes of at least 4 members (excludes halogenated alkanes) is 1. The molecule has 0 fully saturated rings. The highest BCUT2D eigenvalue weighted by Gasteiger charge is 2.21. The van der Waals surface area contributed by atoms with Crippen LogP contribution in [0.5, 0.6) is 0 Å². The number of para-hydroxylation sites is 3. The normalized spacial score (nSPS) is 12.0. The molecule has 0 amide bonds. The van der Waals surface area contributed by atoms with Crippen LogP contribution in [0.2, 0.25) is 0 Å². The molecular weight excluding hydrogens is 723 g/mol. The van der Waals surface area contributed by atoms with Crippen LogP contribution in [-0.4, -0.2) is 24.9 Å². The van der Waals surface area contributed by atoms with Crippen molar-refractivity contribution in [1.82, 2.24) is 24.9 Å². The number of hydrogen-bond donors (Lipinski definition) is 0. The van der Waals surface area contributed by atoms with Crippen molar-refractivity contribution >= 4 is 81.6 Å². The topological polar surface area (TPSA) is 90.7 Å². The van der Waals surface area contributed by atoms with Gasteiger partial charge in [0.15, 0.2) is 28.9 Å². The first kappa shape index (κ1) is 33.1. The summed E-state index contributed by atoms with van der Waals surface area (Å²) in [6.45, 7) is 3.87. The van der Waals surface area contributed by atoms with E-state index in [1.165, 1.54) is 0 Å². The summed E-state index contributed by atoms with van der Waals surface area (Å²) in [7, 11) is 0. The molecule has 0 aliphatic rings. The second kappa shape index (κ2) is 13.5. The van der Waals surface area contributed by atoms with Crippen LogP contribution in [0.1, 0.15) is 18.5 Å². The van der Waals surface area contributed by atoms with Crippen molar-refractivity contribution in [2.75, 3.05) is 0 Å². The number of furan rings is 2. The van der Waals surface area contributed by atoms with Crippen LogP contribution in [0.25, 0.3) is 116 Å². The molecule has 0 saturated heterocycles. The Kier molecular flexibility index (Phi) is 7.82. The number of aromatic nitrogens is 5. The van der Waals surface area contributed by atoms with Gasteiger partial charge in [-0.05, 0) is 55.3 Å². The van der Waals surface area contributed by atoms with E-state index >= 15 is 0 Å². The van der Waals surface area contributed by atoms with E-state index in [-0.39, 0.29) is 0 Å².